The first kappa shape index (κ1) is 15.7. The van der Waals surface area contributed by atoms with E-state index >= 15 is 0 Å². The van der Waals surface area contributed by atoms with Crippen molar-refractivity contribution in [3.05, 3.63) is 35.9 Å². The maximum absolute atomic E-state index is 11.5. The second-order valence-corrected chi connectivity index (χ2v) is 4.75. The molecule has 1 unspecified atom stereocenters. The van der Waals surface area contributed by atoms with Gasteiger partial charge < -0.3 is 15.0 Å². The zero-order valence-corrected chi connectivity index (χ0v) is 12.1. The van der Waals surface area contributed by atoms with Crippen LogP contribution in [0, 0.1) is 0 Å². The molecular formula is C15H24N2O2. The van der Waals surface area contributed by atoms with Crippen LogP contribution in [0.5, 0.6) is 0 Å². The van der Waals surface area contributed by atoms with E-state index in [9.17, 15) is 4.79 Å². The van der Waals surface area contributed by atoms with Crippen LogP contribution in [0.3, 0.4) is 0 Å². The summed E-state index contributed by atoms with van der Waals surface area (Å²) < 4.78 is 4.95. The topological polar surface area (TPSA) is 41.6 Å². The molecule has 1 aromatic carbocycles. The van der Waals surface area contributed by atoms with Gasteiger partial charge in [-0.15, -0.1) is 0 Å². The molecule has 0 saturated carbocycles. The summed E-state index contributed by atoms with van der Waals surface area (Å²) in [5.74, 6) is -0.0480. The Kier molecular flexibility index (Phi) is 7.15. The lowest BCUT2D eigenvalue weighted by atomic mass is 10.2. The molecular weight excluding hydrogens is 240 g/mol. The summed E-state index contributed by atoms with van der Waals surface area (Å²) in [5.41, 5.74) is 1.31. The van der Waals surface area contributed by atoms with Crippen molar-refractivity contribution in [2.75, 3.05) is 27.2 Å². The van der Waals surface area contributed by atoms with Crippen LogP contribution in [0.15, 0.2) is 30.3 Å². The zero-order valence-electron chi connectivity index (χ0n) is 12.1. The van der Waals surface area contributed by atoms with Crippen molar-refractivity contribution < 1.29 is 9.53 Å². The predicted molar refractivity (Wildman–Crippen MR) is 76.9 cm³/mol. The monoisotopic (exact) mass is 264 g/mol. The van der Waals surface area contributed by atoms with E-state index in [2.05, 4.69) is 41.5 Å². The third-order valence-electron chi connectivity index (χ3n) is 3.03. The summed E-state index contributed by atoms with van der Waals surface area (Å²) in [7, 11) is 3.63. The normalized spacial score (nSPS) is 12.4. The Morgan fingerprint density at radius 1 is 1.37 bits per heavy atom. The van der Waals surface area contributed by atoms with Gasteiger partial charge in [0.05, 0.1) is 0 Å². The van der Waals surface area contributed by atoms with Gasteiger partial charge in [0, 0.05) is 20.2 Å². The molecule has 4 heteroatoms. The van der Waals surface area contributed by atoms with Gasteiger partial charge in [-0.1, -0.05) is 30.3 Å². The molecule has 0 heterocycles. The van der Waals surface area contributed by atoms with Gasteiger partial charge in [0.2, 0.25) is 5.91 Å². The highest BCUT2D eigenvalue weighted by atomic mass is 16.5. The van der Waals surface area contributed by atoms with Crippen molar-refractivity contribution >= 4 is 5.91 Å². The number of carbonyl (C=O) groups excluding carboxylic acids is 1. The molecule has 0 saturated heterocycles. The number of benzene rings is 1. The first-order valence-electron chi connectivity index (χ1n) is 6.66. The standard InChI is InChI=1S/C15H24N2O2/c1-13(19-3)15(18)16-10-7-11-17(2)12-14-8-5-4-6-9-14/h4-6,8-9,13H,7,10-12H2,1-3H3,(H,16,18). The Morgan fingerprint density at radius 3 is 2.68 bits per heavy atom. The molecule has 0 bridgehead atoms. The van der Waals surface area contributed by atoms with Crippen LogP contribution in [0.4, 0.5) is 0 Å². The van der Waals surface area contributed by atoms with Gasteiger partial charge in [-0.3, -0.25) is 4.79 Å². The molecule has 0 radical (unpaired) electrons. The van der Waals surface area contributed by atoms with Crippen molar-refractivity contribution in [2.24, 2.45) is 0 Å². The van der Waals surface area contributed by atoms with Crippen molar-refractivity contribution in [1.82, 2.24) is 10.2 Å². The molecule has 19 heavy (non-hydrogen) atoms. The smallest absolute Gasteiger partial charge is 0.248 e. The summed E-state index contributed by atoms with van der Waals surface area (Å²) in [6.45, 7) is 4.32. The first-order valence-corrected chi connectivity index (χ1v) is 6.66. The number of methoxy groups -OCH3 is 1. The van der Waals surface area contributed by atoms with Crippen LogP contribution in [-0.2, 0) is 16.1 Å². The number of nitrogens with one attached hydrogen (secondary N) is 1. The summed E-state index contributed by atoms with van der Waals surface area (Å²) in [4.78, 5) is 13.7. The van der Waals surface area contributed by atoms with Gasteiger partial charge in [-0.25, -0.2) is 0 Å². The maximum Gasteiger partial charge on any atom is 0.248 e. The average Bonchev–Trinajstić information content (AvgIpc) is 2.43. The van der Waals surface area contributed by atoms with Crippen molar-refractivity contribution in [3.8, 4) is 0 Å². The largest absolute Gasteiger partial charge is 0.372 e. The highest BCUT2D eigenvalue weighted by Gasteiger charge is 2.09. The molecule has 0 aromatic heterocycles. The van der Waals surface area contributed by atoms with Gasteiger partial charge in [0.15, 0.2) is 0 Å². The minimum Gasteiger partial charge on any atom is -0.372 e. The van der Waals surface area contributed by atoms with Crippen LogP contribution in [-0.4, -0.2) is 44.2 Å². The van der Waals surface area contributed by atoms with Crippen LogP contribution < -0.4 is 5.32 Å². The van der Waals surface area contributed by atoms with E-state index < -0.39 is 0 Å². The van der Waals surface area contributed by atoms with E-state index in [0.717, 1.165) is 19.5 Å². The van der Waals surface area contributed by atoms with Gasteiger partial charge in [0.1, 0.15) is 6.10 Å². The van der Waals surface area contributed by atoms with Crippen LogP contribution in [0.2, 0.25) is 0 Å². The lowest BCUT2D eigenvalue weighted by Crippen LogP contribution is -2.35. The van der Waals surface area contributed by atoms with E-state index in [-0.39, 0.29) is 12.0 Å². The van der Waals surface area contributed by atoms with E-state index in [1.165, 1.54) is 12.7 Å². The Labute approximate surface area is 115 Å². The molecule has 0 aliphatic heterocycles. The highest BCUT2D eigenvalue weighted by Crippen LogP contribution is 2.02. The Balaban J connectivity index is 2.14. The lowest BCUT2D eigenvalue weighted by Gasteiger charge is -2.17. The number of rotatable bonds is 8. The predicted octanol–water partition coefficient (Wildman–Crippen LogP) is 1.66. The van der Waals surface area contributed by atoms with Crippen molar-refractivity contribution in [1.29, 1.82) is 0 Å². The first-order chi connectivity index (χ1) is 9.13. The molecule has 0 aliphatic rings. The highest BCUT2D eigenvalue weighted by molar-refractivity contribution is 5.80. The number of ether oxygens (including phenoxy) is 1. The average molecular weight is 264 g/mol. The molecule has 1 atom stereocenters. The van der Waals surface area contributed by atoms with E-state index in [0.29, 0.717) is 6.54 Å². The third kappa shape index (κ3) is 6.36. The van der Waals surface area contributed by atoms with Crippen LogP contribution in [0.25, 0.3) is 0 Å². The molecule has 0 aliphatic carbocycles. The fourth-order valence-corrected chi connectivity index (χ4v) is 1.79. The van der Waals surface area contributed by atoms with E-state index in [4.69, 9.17) is 4.74 Å². The molecule has 1 aromatic rings. The summed E-state index contributed by atoms with van der Waals surface area (Å²) in [6.07, 6.45) is 0.563. The SMILES string of the molecule is COC(C)C(=O)NCCCN(C)Cc1ccccc1. The fourth-order valence-electron chi connectivity index (χ4n) is 1.79. The number of amides is 1. The van der Waals surface area contributed by atoms with Crippen molar-refractivity contribution in [2.45, 2.75) is 26.0 Å². The quantitative estimate of drug-likeness (QED) is 0.726. The molecule has 1 N–H and O–H groups in total. The lowest BCUT2D eigenvalue weighted by molar-refractivity contribution is -0.130. The minimum absolute atomic E-state index is 0.0480. The van der Waals surface area contributed by atoms with E-state index in [1.807, 2.05) is 6.07 Å². The summed E-state index contributed by atoms with van der Waals surface area (Å²) >= 11 is 0. The van der Waals surface area contributed by atoms with Crippen molar-refractivity contribution in [3.63, 3.8) is 0 Å². The summed E-state index contributed by atoms with van der Waals surface area (Å²) in [5, 5.41) is 2.86. The fraction of sp³-hybridized carbons (Fsp3) is 0.533. The Bertz CT molecular complexity index is 368. The number of hydrogen-bond acceptors (Lipinski definition) is 3. The third-order valence-corrected chi connectivity index (χ3v) is 3.03. The molecule has 1 amide bonds. The maximum atomic E-state index is 11.5. The second kappa shape index (κ2) is 8.67. The van der Waals surface area contributed by atoms with Gasteiger partial charge in [-0.2, -0.15) is 0 Å². The Hall–Kier alpha value is -1.39. The zero-order chi connectivity index (χ0) is 14.1. The van der Waals surface area contributed by atoms with Crippen LogP contribution >= 0.6 is 0 Å². The molecule has 1 rings (SSSR count). The van der Waals surface area contributed by atoms with Gasteiger partial charge >= 0.3 is 0 Å². The Morgan fingerprint density at radius 2 is 2.05 bits per heavy atom. The molecule has 4 nitrogen and oxygen atoms in total. The van der Waals surface area contributed by atoms with Gasteiger partial charge in [0.25, 0.3) is 0 Å². The number of nitrogens with zero attached hydrogens (tertiary/aromatic N) is 1. The minimum atomic E-state index is -0.373. The molecule has 0 spiro atoms. The summed E-state index contributed by atoms with van der Waals surface area (Å²) in [6, 6.07) is 10.4. The number of hydrogen-bond donors (Lipinski definition) is 1. The molecule has 106 valence electrons. The second-order valence-electron chi connectivity index (χ2n) is 4.75. The number of carbonyl (C=O) groups is 1. The van der Waals surface area contributed by atoms with Crippen LogP contribution in [0.1, 0.15) is 18.9 Å². The molecule has 0 fully saturated rings. The van der Waals surface area contributed by atoms with E-state index in [1.54, 1.807) is 6.92 Å². The van der Waals surface area contributed by atoms with Gasteiger partial charge in [-0.05, 0) is 32.5 Å².